The molecule has 0 bridgehead atoms. The zero-order valence-corrected chi connectivity index (χ0v) is 12.5. The summed E-state index contributed by atoms with van der Waals surface area (Å²) < 4.78 is 0. The average molecular weight is 292 g/mol. The molecule has 0 spiro atoms. The van der Waals surface area contributed by atoms with Crippen LogP contribution in [0.15, 0.2) is 12.1 Å². The number of carbonyl (C=O) groups excluding carboxylic acids is 1. The maximum Gasteiger partial charge on any atom is 0.261 e. The lowest BCUT2D eigenvalue weighted by Crippen LogP contribution is -2.36. The van der Waals surface area contributed by atoms with E-state index < -0.39 is 0 Å². The first-order chi connectivity index (χ1) is 9.69. The molecule has 1 aliphatic heterocycles. The standard InChI is InChI=1S/C15H20N2O2S/c1-17-8-6-12(7-9-17)11-16-15(19)14-5-4-13(20-14)3-2-10-18/h4-5,12,18H,6-11H2,1H3,(H,16,19). The molecular weight excluding hydrogens is 272 g/mol. The maximum absolute atomic E-state index is 12.0. The largest absolute Gasteiger partial charge is 0.384 e. The van der Waals surface area contributed by atoms with Crippen LogP contribution in [0, 0.1) is 17.8 Å². The van der Waals surface area contributed by atoms with Gasteiger partial charge in [-0.25, -0.2) is 0 Å². The van der Waals surface area contributed by atoms with Crippen molar-refractivity contribution >= 4 is 17.2 Å². The van der Waals surface area contributed by atoms with Gasteiger partial charge in [-0.2, -0.15) is 0 Å². The van der Waals surface area contributed by atoms with Crippen LogP contribution in [0.5, 0.6) is 0 Å². The second-order valence-electron chi connectivity index (χ2n) is 5.08. The van der Waals surface area contributed by atoms with Gasteiger partial charge in [0.2, 0.25) is 0 Å². The third-order valence-electron chi connectivity index (χ3n) is 3.51. The minimum atomic E-state index is -0.157. The van der Waals surface area contributed by atoms with Crippen LogP contribution < -0.4 is 5.32 Å². The Balaban J connectivity index is 1.81. The smallest absolute Gasteiger partial charge is 0.261 e. The van der Waals surface area contributed by atoms with E-state index in [9.17, 15) is 4.79 Å². The van der Waals surface area contributed by atoms with Crippen molar-refractivity contribution in [2.24, 2.45) is 5.92 Å². The van der Waals surface area contributed by atoms with Gasteiger partial charge in [0.25, 0.3) is 5.91 Å². The van der Waals surface area contributed by atoms with Crippen LogP contribution in [0.2, 0.25) is 0 Å². The van der Waals surface area contributed by atoms with Crippen LogP contribution in [0.25, 0.3) is 0 Å². The van der Waals surface area contributed by atoms with Gasteiger partial charge in [0.05, 0.1) is 9.75 Å². The number of nitrogens with one attached hydrogen (secondary N) is 1. The molecule has 0 saturated carbocycles. The van der Waals surface area contributed by atoms with Crippen molar-refractivity contribution in [3.05, 3.63) is 21.9 Å². The molecule has 1 aromatic heterocycles. The highest BCUT2D eigenvalue weighted by Crippen LogP contribution is 2.17. The molecule has 1 amide bonds. The van der Waals surface area contributed by atoms with Crippen molar-refractivity contribution in [2.45, 2.75) is 12.8 Å². The summed E-state index contributed by atoms with van der Waals surface area (Å²) in [5, 5.41) is 11.6. The summed E-state index contributed by atoms with van der Waals surface area (Å²) in [5.41, 5.74) is 0. The molecule has 0 aromatic carbocycles. The number of thiophene rings is 1. The van der Waals surface area contributed by atoms with Gasteiger partial charge in [0.15, 0.2) is 0 Å². The van der Waals surface area contributed by atoms with E-state index in [1.807, 2.05) is 6.07 Å². The molecule has 2 N–H and O–H groups in total. The Labute approximate surface area is 123 Å². The van der Waals surface area contributed by atoms with Gasteiger partial charge >= 0.3 is 0 Å². The van der Waals surface area contributed by atoms with Crippen molar-refractivity contribution in [1.29, 1.82) is 0 Å². The molecule has 2 rings (SSSR count). The molecule has 0 radical (unpaired) electrons. The van der Waals surface area contributed by atoms with Gasteiger partial charge in [-0.05, 0) is 51.0 Å². The monoisotopic (exact) mass is 292 g/mol. The average Bonchev–Trinajstić information content (AvgIpc) is 2.93. The van der Waals surface area contributed by atoms with Crippen LogP contribution >= 0.6 is 11.3 Å². The Kier molecular flexibility index (Phi) is 5.60. The van der Waals surface area contributed by atoms with Gasteiger partial charge < -0.3 is 15.3 Å². The molecule has 4 nitrogen and oxygen atoms in total. The predicted molar refractivity (Wildman–Crippen MR) is 80.8 cm³/mol. The summed E-state index contributed by atoms with van der Waals surface area (Å²) in [6.45, 7) is 2.82. The first-order valence-corrected chi connectivity index (χ1v) is 7.67. The molecule has 0 atom stereocenters. The van der Waals surface area contributed by atoms with Crippen LogP contribution in [-0.2, 0) is 0 Å². The Bertz CT molecular complexity index is 507. The van der Waals surface area contributed by atoms with Crippen LogP contribution in [-0.4, -0.2) is 49.2 Å². The SMILES string of the molecule is CN1CCC(CNC(=O)c2ccc(C#CCO)s2)CC1. The molecule has 0 aliphatic carbocycles. The lowest BCUT2D eigenvalue weighted by atomic mass is 9.97. The van der Waals surface area contributed by atoms with Gasteiger partial charge in [-0.15, -0.1) is 11.3 Å². The van der Waals surface area contributed by atoms with E-state index >= 15 is 0 Å². The molecule has 1 aromatic rings. The van der Waals surface area contributed by atoms with E-state index in [-0.39, 0.29) is 12.5 Å². The molecule has 1 fully saturated rings. The molecule has 5 heteroatoms. The summed E-state index contributed by atoms with van der Waals surface area (Å²) >= 11 is 1.36. The van der Waals surface area contributed by atoms with E-state index in [1.165, 1.54) is 11.3 Å². The molecule has 1 aliphatic rings. The number of aliphatic hydroxyl groups is 1. The molecule has 108 valence electrons. The van der Waals surface area contributed by atoms with Gasteiger partial charge in [-0.3, -0.25) is 4.79 Å². The minimum Gasteiger partial charge on any atom is -0.384 e. The Morgan fingerprint density at radius 2 is 2.25 bits per heavy atom. The number of nitrogens with zero attached hydrogens (tertiary/aromatic N) is 1. The zero-order chi connectivity index (χ0) is 14.4. The highest BCUT2D eigenvalue weighted by atomic mass is 32.1. The van der Waals surface area contributed by atoms with Crippen LogP contribution in [0.3, 0.4) is 0 Å². The summed E-state index contributed by atoms with van der Waals surface area (Å²) in [6.07, 6.45) is 2.29. The van der Waals surface area contributed by atoms with Gasteiger partial charge in [0, 0.05) is 6.54 Å². The highest BCUT2D eigenvalue weighted by Gasteiger charge is 2.17. The first-order valence-electron chi connectivity index (χ1n) is 6.85. The number of likely N-dealkylation sites (tertiary alicyclic amines) is 1. The quantitative estimate of drug-likeness (QED) is 0.822. The summed E-state index contributed by atoms with van der Waals surface area (Å²) in [6, 6.07) is 3.61. The lowest BCUT2D eigenvalue weighted by Gasteiger charge is -2.28. The summed E-state index contributed by atoms with van der Waals surface area (Å²) in [5.74, 6) is 5.96. The fourth-order valence-electron chi connectivity index (χ4n) is 2.24. The molecular formula is C15H20N2O2S. The first kappa shape index (κ1) is 15.0. The zero-order valence-electron chi connectivity index (χ0n) is 11.7. The van der Waals surface area contributed by atoms with E-state index in [4.69, 9.17) is 5.11 Å². The summed E-state index contributed by atoms with van der Waals surface area (Å²) in [4.78, 5) is 15.8. The fourth-order valence-corrected chi connectivity index (χ4v) is 3.04. The number of piperidine rings is 1. The van der Waals surface area contributed by atoms with E-state index in [0.717, 1.165) is 37.4 Å². The summed E-state index contributed by atoms with van der Waals surface area (Å²) in [7, 11) is 2.13. The third-order valence-corrected chi connectivity index (χ3v) is 4.51. The maximum atomic E-state index is 12.0. The van der Waals surface area contributed by atoms with Crippen molar-refractivity contribution in [1.82, 2.24) is 10.2 Å². The highest BCUT2D eigenvalue weighted by molar-refractivity contribution is 7.14. The Morgan fingerprint density at radius 3 is 2.95 bits per heavy atom. The second kappa shape index (κ2) is 7.44. The van der Waals surface area contributed by atoms with E-state index in [1.54, 1.807) is 6.07 Å². The number of amides is 1. The molecule has 0 unspecified atom stereocenters. The fraction of sp³-hybridized carbons (Fsp3) is 0.533. The third kappa shape index (κ3) is 4.34. The number of hydrogen-bond acceptors (Lipinski definition) is 4. The number of carbonyl (C=O) groups is 1. The van der Waals surface area contributed by atoms with E-state index in [2.05, 4.69) is 29.1 Å². The van der Waals surface area contributed by atoms with Gasteiger partial charge in [0.1, 0.15) is 6.61 Å². The van der Waals surface area contributed by atoms with Crippen molar-refractivity contribution in [2.75, 3.05) is 33.3 Å². The number of hydrogen-bond donors (Lipinski definition) is 2. The van der Waals surface area contributed by atoms with Crippen molar-refractivity contribution < 1.29 is 9.90 Å². The van der Waals surface area contributed by atoms with Crippen molar-refractivity contribution in [3.8, 4) is 11.8 Å². The van der Waals surface area contributed by atoms with E-state index in [0.29, 0.717) is 10.8 Å². The normalized spacial score (nSPS) is 16.5. The predicted octanol–water partition coefficient (Wildman–Crippen LogP) is 1.16. The molecule has 20 heavy (non-hydrogen) atoms. The lowest BCUT2D eigenvalue weighted by molar-refractivity contribution is 0.0943. The topological polar surface area (TPSA) is 52.6 Å². The van der Waals surface area contributed by atoms with Crippen molar-refractivity contribution in [3.63, 3.8) is 0 Å². The van der Waals surface area contributed by atoms with Crippen LogP contribution in [0.4, 0.5) is 0 Å². The minimum absolute atomic E-state index is 0.0222. The Morgan fingerprint density at radius 1 is 1.50 bits per heavy atom. The molecule has 2 heterocycles. The van der Waals surface area contributed by atoms with Gasteiger partial charge in [-0.1, -0.05) is 11.8 Å². The number of aliphatic hydroxyl groups excluding tert-OH is 1. The Hall–Kier alpha value is -1.35. The second-order valence-corrected chi connectivity index (χ2v) is 6.16. The van der Waals surface area contributed by atoms with Crippen LogP contribution in [0.1, 0.15) is 27.4 Å². The molecule has 1 saturated heterocycles. The number of rotatable bonds is 3.